The molecule has 2 rings (SSSR count). The molecule has 0 aliphatic rings. The molecule has 0 spiro atoms. The Kier molecular flexibility index (Phi) is 2.86. The Morgan fingerprint density at radius 3 is 2.94 bits per heavy atom. The van der Waals surface area contributed by atoms with Crippen molar-refractivity contribution in [3.63, 3.8) is 0 Å². The molecule has 2 unspecified atom stereocenters. The van der Waals surface area contributed by atoms with E-state index < -0.39 is 12.2 Å². The highest BCUT2D eigenvalue weighted by Gasteiger charge is 2.24. The first-order chi connectivity index (χ1) is 8.15. The Bertz CT molecular complexity index is 574. The molecule has 0 aliphatic heterocycles. The van der Waals surface area contributed by atoms with Gasteiger partial charge in [-0.1, -0.05) is 0 Å². The zero-order chi connectivity index (χ0) is 12.4. The molecule has 2 aromatic rings. The Labute approximate surface area is 95.7 Å². The summed E-state index contributed by atoms with van der Waals surface area (Å²) in [5.41, 5.74) is 6.16. The van der Waals surface area contributed by atoms with E-state index in [2.05, 4.69) is 20.2 Å². The van der Waals surface area contributed by atoms with Crippen molar-refractivity contribution in [3.05, 3.63) is 12.0 Å². The van der Waals surface area contributed by atoms with E-state index in [1.165, 1.54) is 6.33 Å². The van der Waals surface area contributed by atoms with Gasteiger partial charge in [-0.05, 0) is 0 Å². The molecule has 5 N–H and O–H groups in total. The topological polar surface area (TPSA) is 145 Å². The van der Waals surface area contributed by atoms with E-state index in [-0.39, 0.29) is 17.9 Å². The summed E-state index contributed by atoms with van der Waals surface area (Å²) in [5.74, 6) is 0.155. The number of fused-ring (bicyclic) bond motifs is 1. The van der Waals surface area contributed by atoms with Crippen LogP contribution in [0.25, 0.3) is 11.0 Å². The predicted octanol–water partition coefficient (Wildman–Crippen LogP) is -0.757. The van der Waals surface area contributed by atoms with Crippen LogP contribution < -0.4 is 5.73 Å². The second-order valence-corrected chi connectivity index (χ2v) is 3.47. The molecule has 0 saturated heterocycles. The van der Waals surface area contributed by atoms with E-state index in [0.717, 1.165) is 0 Å². The predicted molar refractivity (Wildman–Crippen MR) is 57.3 cm³/mol. The van der Waals surface area contributed by atoms with E-state index in [9.17, 15) is 10.2 Å². The molecule has 2 atom stereocenters. The number of nitrogens with zero attached hydrogens (tertiary/aromatic N) is 4. The molecule has 0 radical (unpaired) electrons. The van der Waals surface area contributed by atoms with Crippen LogP contribution in [0.15, 0.2) is 6.33 Å². The van der Waals surface area contributed by atoms with Crippen LogP contribution in [0.1, 0.15) is 18.2 Å². The molecule has 0 amide bonds. The lowest BCUT2D eigenvalue weighted by molar-refractivity contribution is 0.0198. The minimum atomic E-state index is -1.28. The average molecular weight is 234 g/mol. The van der Waals surface area contributed by atoms with Gasteiger partial charge in [0.2, 0.25) is 0 Å². The van der Waals surface area contributed by atoms with Gasteiger partial charge in [-0.15, -0.1) is 0 Å². The quantitative estimate of drug-likeness (QED) is 0.546. The number of aromatic nitrogens is 4. The lowest BCUT2D eigenvalue weighted by atomic mass is 10.1. The highest BCUT2D eigenvalue weighted by atomic mass is 16.3. The molecule has 0 saturated carbocycles. The van der Waals surface area contributed by atoms with Gasteiger partial charge in [0.25, 0.3) is 0 Å². The summed E-state index contributed by atoms with van der Waals surface area (Å²) in [7, 11) is 0. The van der Waals surface area contributed by atoms with E-state index in [1.54, 1.807) is 6.07 Å². The first kappa shape index (κ1) is 11.3. The van der Waals surface area contributed by atoms with Gasteiger partial charge in [0.05, 0.1) is 29.7 Å². The van der Waals surface area contributed by atoms with Gasteiger partial charge < -0.3 is 15.9 Å². The van der Waals surface area contributed by atoms with Crippen molar-refractivity contribution in [2.45, 2.75) is 18.6 Å². The van der Waals surface area contributed by atoms with Gasteiger partial charge in [0, 0.05) is 0 Å². The number of hydrogen-bond donors (Lipinski definition) is 4. The number of aliphatic hydroxyl groups is 2. The molecule has 0 aromatic carbocycles. The van der Waals surface area contributed by atoms with Crippen LogP contribution >= 0.6 is 0 Å². The summed E-state index contributed by atoms with van der Waals surface area (Å²) in [4.78, 5) is 7.64. The third-order valence-corrected chi connectivity index (χ3v) is 2.37. The van der Waals surface area contributed by atoms with E-state index in [4.69, 9.17) is 11.0 Å². The minimum absolute atomic E-state index is 0.155. The number of rotatable bonds is 3. The van der Waals surface area contributed by atoms with E-state index >= 15 is 0 Å². The fourth-order valence-electron chi connectivity index (χ4n) is 1.51. The summed E-state index contributed by atoms with van der Waals surface area (Å²) in [6, 6.07) is 1.77. The van der Waals surface area contributed by atoms with E-state index in [1.807, 2.05) is 0 Å². The van der Waals surface area contributed by atoms with Gasteiger partial charge in [-0.2, -0.15) is 10.4 Å². The van der Waals surface area contributed by atoms with Crippen molar-refractivity contribution in [2.24, 2.45) is 0 Å². The SMILES string of the molecule is N#CCC(O)C(O)c1[nH]nc2ncnc(N)c12. The Morgan fingerprint density at radius 2 is 2.24 bits per heavy atom. The number of nitrogen functional groups attached to an aromatic ring is 1. The lowest BCUT2D eigenvalue weighted by Crippen LogP contribution is -2.18. The van der Waals surface area contributed by atoms with Crippen molar-refractivity contribution in [3.8, 4) is 6.07 Å². The van der Waals surface area contributed by atoms with Crippen LogP contribution in [0.4, 0.5) is 5.82 Å². The molecular formula is C9H10N6O2. The van der Waals surface area contributed by atoms with Crippen LogP contribution in [0.3, 0.4) is 0 Å². The molecule has 8 heteroatoms. The van der Waals surface area contributed by atoms with Crippen molar-refractivity contribution in [2.75, 3.05) is 5.73 Å². The molecule has 0 fully saturated rings. The monoisotopic (exact) mass is 234 g/mol. The Balaban J connectivity index is 2.46. The Morgan fingerprint density at radius 1 is 1.47 bits per heavy atom. The van der Waals surface area contributed by atoms with Gasteiger partial charge in [-0.25, -0.2) is 9.97 Å². The molecule has 0 aliphatic carbocycles. The maximum absolute atomic E-state index is 9.85. The highest BCUT2D eigenvalue weighted by Crippen LogP contribution is 2.26. The average Bonchev–Trinajstić information content (AvgIpc) is 2.73. The van der Waals surface area contributed by atoms with Crippen molar-refractivity contribution in [1.82, 2.24) is 20.2 Å². The summed E-state index contributed by atoms with van der Waals surface area (Å²) in [5, 5.41) is 34.6. The molecular weight excluding hydrogens is 224 g/mol. The Hall–Kier alpha value is -2.24. The van der Waals surface area contributed by atoms with Gasteiger partial charge in [-0.3, -0.25) is 5.10 Å². The normalized spacial score (nSPS) is 14.4. The van der Waals surface area contributed by atoms with Crippen LogP contribution in [0.5, 0.6) is 0 Å². The lowest BCUT2D eigenvalue weighted by Gasteiger charge is -2.13. The van der Waals surface area contributed by atoms with Gasteiger partial charge in [0.1, 0.15) is 18.2 Å². The fraction of sp³-hybridized carbons (Fsp3) is 0.333. The minimum Gasteiger partial charge on any atom is -0.389 e. The number of nitriles is 1. The number of nitrogens with one attached hydrogen (secondary N) is 1. The molecule has 2 heterocycles. The maximum atomic E-state index is 9.85. The molecule has 8 nitrogen and oxygen atoms in total. The molecule has 17 heavy (non-hydrogen) atoms. The summed E-state index contributed by atoms with van der Waals surface area (Å²) in [6.45, 7) is 0. The zero-order valence-electron chi connectivity index (χ0n) is 8.70. The first-order valence-corrected chi connectivity index (χ1v) is 4.82. The fourth-order valence-corrected chi connectivity index (χ4v) is 1.51. The zero-order valence-corrected chi connectivity index (χ0v) is 8.70. The first-order valence-electron chi connectivity index (χ1n) is 4.82. The number of anilines is 1. The van der Waals surface area contributed by atoms with Crippen LogP contribution in [-0.2, 0) is 0 Å². The third-order valence-electron chi connectivity index (χ3n) is 2.37. The van der Waals surface area contributed by atoms with E-state index in [0.29, 0.717) is 11.0 Å². The summed E-state index contributed by atoms with van der Waals surface area (Å²) >= 11 is 0. The third kappa shape index (κ3) is 1.89. The van der Waals surface area contributed by atoms with Crippen LogP contribution in [0.2, 0.25) is 0 Å². The molecule has 0 bridgehead atoms. The highest BCUT2D eigenvalue weighted by molar-refractivity contribution is 5.87. The van der Waals surface area contributed by atoms with Crippen molar-refractivity contribution >= 4 is 16.9 Å². The number of nitrogens with two attached hydrogens (primary N) is 1. The standard InChI is InChI=1S/C9H10N6O2/c10-2-1-4(16)7(17)6-5-8(11)12-3-13-9(5)15-14-6/h3-4,7,16-17H,1H2,(H3,11,12,13,14,15). The number of aromatic amines is 1. The summed E-state index contributed by atoms with van der Waals surface area (Å²) in [6.07, 6.45) is -1.45. The number of H-pyrrole nitrogens is 1. The smallest absolute Gasteiger partial charge is 0.186 e. The molecule has 88 valence electrons. The number of aliphatic hydroxyl groups excluding tert-OH is 2. The van der Waals surface area contributed by atoms with Crippen LogP contribution in [0, 0.1) is 11.3 Å². The summed E-state index contributed by atoms with van der Waals surface area (Å²) < 4.78 is 0. The largest absolute Gasteiger partial charge is 0.389 e. The second-order valence-electron chi connectivity index (χ2n) is 3.47. The van der Waals surface area contributed by atoms with Gasteiger partial charge in [0.15, 0.2) is 5.65 Å². The van der Waals surface area contributed by atoms with Crippen molar-refractivity contribution < 1.29 is 10.2 Å². The second kappa shape index (κ2) is 4.32. The van der Waals surface area contributed by atoms with Crippen LogP contribution in [-0.4, -0.2) is 36.5 Å². The maximum Gasteiger partial charge on any atom is 0.186 e. The molecule has 2 aromatic heterocycles. The van der Waals surface area contributed by atoms with Gasteiger partial charge >= 0.3 is 0 Å². The van der Waals surface area contributed by atoms with Crippen molar-refractivity contribution in [1.29, 1.82) is 5.26 Å². The number of hydrogen-bond acceptors (Lipinski definition) is 7.